The number of hydrogen-bond acceptors (Lipinski definition) is 1. The largest absolute Gasteiger partial charge is 0.358 e. The standard InChI is InChI=1S/C15H15N3/c1-2-4-14-12(3-1)13(9-18-8-7-16-10-18)15(17-14)11-5-6-11/h1-4,7-8,10-11,17H,5-6,9H2. The molecular formula is C15H15N3. The molecule has 1 fully saturated rings. The van der Waals surface area contributed by atoms with Crippen LogP contribution in [0.5, 0.6) is 0 Å². The Morgan fingerprint density at radius 2 is 2.17 bits per heavy atom. The molecule has 2 heterocycles. The predicted molar refractivity (Wildman–Crippen MR) is 71.6 cm³/mol. The van der Waals surface area contributed by atoms with Gasteiger partial charge in [-0.2, -0.15) is 0 Å². The van der Waals surface area contributed by atoms with Crippen molar-refractivity contribution in [2.45, 2.75) is 25.3 Å². The van der Waals surface area contributed by atoms with E-state index in [1.807, 2.05) is 18.7 Å². The Hall–Kier alpha value is -2.03. The van der Waals surface area contributed by atoms with Gasteiger partial charge in [0, 0.05) is 34.6 Å². The number of H-pyrrole nitrogens is 1. The van der Waals surface area contributed by atoms with Crippen molar-refractivity contribution in [3.8, 4) is 0 Å². The average molecular weight is 237 g/mol. The Balaban J connectivity index is 1.87. The highest BCUT2D eigenvalue weighted by Crippen LogP contribution is 2.43. The molecule has 0 unspecified atom stereocenters. The zero-order valence-corrected chi connectivity index (χ0v) is 10.1. The van der Waals surface area contributed by atoms with Gasteiger partial charge in [-0.15, -0.1) is 0 Å². The lowest BCUT2D eigenvalue weighted by Crippen LogP contribution is -1.98. The Kier molecular flexibility index (Phi) is 2.06. The molecule has 1 aromatic carbocycles. The minimum absolute atomic E-state index is 0.746. The van der Waals surface area contributed by atoms with Crippen molar-refractivity contribution in [2.75, 3.05) is 0 Å². The molecule has 1 aliphatic carbocycles. The van der Waals surface area contributed by atoms with Crippen molar-refractivity contribution >= 4 is 10.9 Å². The molecule has 2 aromatic heterocycles. The minimum Gasteiger partial charge on any atom is -0.358 e. The van der Waals surface area contributed by atoms with Crippen molar-refractivity contribution in [1.29, 1.82) is 0 Å². The summed E-state index contributed by atoms with van der Waals surface area (Å²) in [5.41, 5.74) is 4.13. The molecular weight excluding hydrogens is 222 g/mol. The first-order valence-corrected chi connectivity index (χ1v) is 6.47. The molecule has 0 radical (unpaired) electrons. The molecule has 4 rings (SSSR count). The molecule has 90 valence electrons. The molecule has 0 spiro atoms. The van der Waals surface area contributed by atoms with Crippen LogP contribution in [0, 0.1) is 0 Å². The fourth-order valence-corrected chi connectivity index (χ4v) is 2.67. The number of rotatable bonds is 3. The zero-order valence-electron chi connectivity index (χ0n) is 10.1. The van der Waals surface area contributed by atoms with Crippen LogP contribution >= 0.6 is 0 Å². The number of nitrogens with one attached hydrogen (secondary N) is 1. The average Bonchev–Trinajstić information content (AvgIpc) is 2.99. The maximum atomic E-state index is 4.13. The van der Waals surface area contributed by atoms with Gasteiger partial charge in [-0.1, -0.05) is 18.2 Å². The maximum absolute atomic E-state index is 4.13. The molecule has 18 heavy (non-hydrogen) atoms. The van der Waals surface area contributed by atoms with Crippen LogP contribution in [0.4, 0.5) is 0 Å². The van der Waals surface area contributed by atoms with Crippen LogP contribution in [0.3, 0.4) is 0 Å². The van der Waals surface area contributed by atoms with Crippen LogP contribution in [0.1, 0.15) is 30.0 Å². The Morgan fingerprint density at radius 1 is 1.28 bits per heavy atom. The number of fused-ring (bicyclic) bond motifs is 1. The first-order valence-electron chi connectivity index (χ1n) is 6.47. The van der Waals surface area contributed by atoms with Gasteiger partial charge < -0.3 is 9.55 Å². The van der Waals surface area contributed by atoms with E-state index in [0.717, 1.165) is 12.5 Å². The topological polar surface area (TPSA) is 33.6 Å². The highest BCUT2D eigenvalue weighted by molar-refractivity contribution is 5.85. The van der Waals surface area contributed by atoms with E-state index in [-0.39, 0.29) is 0 Å². The summed E-state index contributed by atoms with van der Waals surface area (Å²) in [7, 11) is 0. The lowest BCUT2D eigenvalue weighted by atomic mass is 10.1. The summed E-state index contributed by atoms with van der Waals surface area (Å²) >= 11 is 0. The highest BCUT2D eigenvalue weighted by atomic mass is 15.0. The molecule has 0 atom stereocenters. The van der Waals surface area contributed by atoms with Gasteiger partial charge in [-0.3, -0.25) is 0 Å². The van der Waals surface area contributed by atoms with Crippen molar-refractivity contribution in [3.63, 3.8) is 0 Å². The second kappa shape index (κ2) is 3.73. The molecule has 3 aromatic rings. The van der Waals surface area contributed by atoms with E-state index in [4.69, 9.17) is 0 Å². The number of hydrogen-bond donors (Lipinski definition) is 1. The third-order valence-corrected chi connectivity index (χ3v) is 3.73. The summed E-state index contributed by atoms with van der Waals surface area (Å²) in [5.74, 6) is 0.746. The number of benzene rings is 1. The molecule has 1 saturated carbocycles. The van der Waals surface area contributed by atoms with E-state index < -0.39 is 0 Å². The number of aromatic nitrogens is 3. The van der Waals surface area contributed by atoms with Gasteiger partial charge in [-0.25, -0.2) is 4.98 Å². The number of nitrogens with zero attached hydrogens (tertiary/aromatic N) is 2. The van der Waals surface area contributed by atoms with Gasteiger partial charge in [0.25, 0.3) is 0 Å². The maximum Gasteiger partial charge on any atom is 0.0949 e. The third-order valence-electron chi connectivity index (χ3n) is 3.73. The Labute approximate surface area is 105 Å². The van der Waals surface area contributed by atoms with Gasteiger partial charge in [0.15, 0.2) is 0 Å². The van der Waals surface area contributed by atoms with Gasteiger partial charge >= 0.3 is 0 Å². The quantitative estimate of drug-likeness (QED) is 0.745. The SMILES string of the molecule is c1ccc2c(Cn3ccnc3)c(C3CC3)[nH]c2c1. The molecule has 0 saturated heterocycles. The monoisotopic (exact) mass is 237 g/mol. The van der Waals surface area contributed by atoms with Crippen LogP contribution in [-0.4, -0.2) is 14.5 Å². The van der Waals surface area contributed by atoms with Crippen LogP contribution in [-0.2, 0) is 6.54 Å². The summed E-state index contributed by atoms with van der Waals surface area (Å²) in [5, 5.41) is 1.35. The molecule has 3 nitrogen and oxygen atoms in total. The Morgan fingerprint density at radius 3 is 2.94 bits per heavy atom. The van der Waals surface area contributed by atoms with Crippen LogP contribution in [0.15, 0.2) is 43.0 Å². The van der Waals surface area contributed by atoms with Crippen molar-refractivity contribution < 1.29 is 0 Å². The number of para-hydroxylation sites is 1. The zero-order chi connectivity index (χ0) is 11.9. The Bertz CT molecular complexity index is 675. The number of aromatic amines is 1. The predicted octanol–water partition coefficient (Wildman–Crippen LogP) is 3.29. The summed E-state index contributed by atoms with van der Waals surface area (Å²) in [6.07, 6.45) is 8.40. The highest BCUT2D eigenvalue weighted by Gasteiger charge is 2.28. The van der Waals surface area contributed by atoms with Crippen LogP contribution in [0.2, 0.25) is 0 Å². The lowest BCUT2D eigenvalue weighted by molar-refractivity contribution is 0.788. The normalized spacial score (nSPS) is 15.3. The fraction of sp³-hybridized carbons (Fsp3) is 0.267. The molecule has 0 aliphatic heterocycles. The molecule has 1 N–H and O–H groups in total. The second-order valence-electron chi connectivity index (χ2n) is 5.07. The van der Waals surface area contributed by atoms with E-state index in [9.17, 15) is 0 Å². The summed E-state index contributed by atoms with van der Waals surface area (Å²) in [4.78, 5) is 7.73. The van der Waals surface area contributed by atoms with Gasteiger partial charge in [0.1, 0.15) is 0 Å². The van der Waals surface area contributed by atoms with E-state index in [1.54, 1.807) is 0 Å². The van der Waals surface area contributed by atoms with E-state index in [1.165, 1.54) is 35.0 Å². The number of imidazole rings is 1. The molecule has 0 bridgehead atoms. The summed E-state index contributed by atoms with van der Waals surface area (Å²) < 4.78 is 2.14. The first kappa shape index (κ1) is 9.95. The summed E-state index contributed by atoms with van der Waals surface area (Å²) in [6.45, 7) is 0.913. The fourth-order valence-electron chi connectivity index (χ4n) is 2.67. The summed E-state index contributed by atoms with van der Waals surface area (Å²) in [6, 6.07) is 8.59. The third kappa shape index (κ3) is 1.55. The smallest absolute Gasteiger partial charge is 0.0949 e. The van der Waals surface area contributed by atoms with Crippen molar-refractivity contribution in [3.05, 3.63) is 54.2 Å². The van der Waals surface area contributed by atoms with Gasteiger partial charge in [0.2, 0.25) is 0 Å². The van der Waals surface area contributed by atoms with E-state index in [0.29, 0.717) is 0 Å². The van der Waals surface area contributed by atoms with Crippen molar-refractivity contribution in [1.82, 2.24) is 14.5 Å². The molecule has 1 aliphatic rings. The second-order valence-corrected chi connectivity index (χ2v) is 5.07. The van der Waals surface area contributed by atoms with Gasteiger partial charge in [-0.05, 0) is 24.8 Å². The minimum atomic E-state index is 0.746. The van der Waals surface area contributed by atoms with Gasteiger partial charge in [0.05, 0.1) is 12.9 Å². The molecule has 0 amide bonds. The first-order chi connectivity index (χ1) is 8.92. The van der Waals surface area contributed by atoms with E-state index >= 15 is 0 Å². The molecule has 3 heteroatoms. The van der Waals surface area contributed by atoms with Crippen LogP contribution < -0.4 is 0 Å². The van der Waals surface area contributed by atoms with E-state index in [2.05, 4.69) is 38.8 Å². The van der Waals surface area contributed by atoms with Crippen molar-refractivity contribution in [2.24, 2.45) is 0 Å². The lowest BCUT2D eigenvalue weighted by Gasteiger charge is -2.04. The van der Waals surface area contributed by atoms with Crippen LogP contribution in [0.25, 0.3) is 10.9 Å².